The largest absolute Gasteiger partial charge is 0.497 e. The molecule has 0 saturated heterocycles. The number of fused-ring (bicyclic) bond motifs is 12. The summed E-state index contributed by atoms with van der Waals surface area (Å²) in [6, 6.07) is 63.6. The third kappa shape index (κ3) is 16.3. The van der Waals surface area contributed by atoms with Crippen LogP contribution in [-0.2, 0) is 9.59 Å². The number of aliphatic imine (C=N–C) groups is 4. The summed E-state index contributed by atoms with van der Waals surface area (Å²) >= 11 is 12.2. The van der Waals surface area contributed by atoms with Crippen LogP contribution in [0.25, 0.3) is 22.7 Å². The molecule has 0 spiro atoms. The van der Waals surface area contributed by atoms with Crippen LogP contribution in [0.5, 0.6) is 11.5 Å². The molecule has 4 aliphatic heterocycles. The summed E-state index contributed by atoms with van der Waals surface area (Å²) in [7, 11) is 3.30. The number of para-hydroxylation sites is 2. The number of Topliss-reactive ketones (excluding diaryl/α,β-unsaturated/α-hetero) is 2. The molecule has 4 aliphatic rings. The van der Waals surface area contributed by atoms with E-state index in [0.717, 1.165) is 142 Å². The van der Waals surface area contributed by atoms with Crippen molar-refractivity contribution >= 4 is 57.6 Å². The van der Waals surface area contributed by atoms with E-state index in [2.05, 4.69) is 137 Å². The molecule has 16 rings (SSSR count). The number of hydrogen-bond acceptors (Lipinski definition) is 18. The van der Waals surface area contributed by atoms with Gasteiger partial charge in [-0.15, -0.1) is 40.8 Å². The second-order valence-electron chi connectivity index (χ2n) is 28.4. The Morgan fingerprint density at radius 2 is 0.664 bits per heavy atom. The summed E-state index contributed by atoms with van der Waals surface area (Å²) in [5.41, 5.74) is 15.4. The minimum atomic E-state index is -0.440. The highest BCUT2D eigenvalue weighted by Crippen LogP contribution is 2.39. The van der Waals surface area contributed by atoms with E-state index < -0.39 is 6.04 Å². The number of nitrogens with one attached hydrogen (secondary N) is 2. The number of ether oxygens (including phenoxy) is 2. The van der Waals surface area contributed by atoms with Gasteiger partial charge in [0.2, 0.25) is 0 Å². The van der Waals surface area contributed by atoms with Crippen molar-refractivity contribution in [3.63, 3.8) is 0 Å². The van der Waals surface area contributed by atoms with E-state index in [4.69, 9.17) is 52.6 Å². The van der Waals surface area contributed by atoms with Gasteiger partial charge in [-0.25, -0.2) is 0 Å². The number of rotatable bonds is 16. The van der Waals surface area contributed by atoms with Crippen LogP contribution < -0.4 is 20.1 Å². The first-order valence-electron chi connectivity index (χ1n) is 36.8. The number of aromatic nitrogens is 12. The van der Waals surface area contributed by atoms with E-state index in [1.807, 2.05) is 210 Å². The van der Waals surface area contributed by atoms with Crippen molar-refractivity contribution in [1.82, 2.24) is 69.7 Å². The van der Waals surface area contributed by atoms with Gasteiger partial charge in [0, 0.05) is 91.3 Å². The van der Waals surface area contributed by atoms with Crippen LogP contribution in [0.2, 0.25) is 10.0 Å². The zero-order valence-electron chi connectivity index (χ0n) is 64.1. The molecule has 0 saturated carbocycles. The maximum absolute atomic E-state index is 12.6. The molecule has 2 N–H and O–H groups in total. The molecule has 0 amide bonds. The molecule has 0 aliphatic carbocycles. The number of ketones is 2. The molecule has 12 aromatic rings. The van der Waals surface area contributed by atoms with Crippen LogP contribution in [0.15, 0.2) is 214 Å². The predicted octanol–water partition coefficient (Wildman–Crippen LogP) is 16.3. The Balaban J connectivity index is 0.000000129. The van der Waals surface area contributed by atoms with Gasteiger partial charge in [-0.1, -0.05) is 172 Å². The average Bonchev–Trinajstić information content (AvgIpc) is 1.62. The monoisotopic (exact) mass is 1510 g/mol. The zero-order chi connectivity index (χ0) is 77.6. The molecule has 0 radical (unpaired) electrons. The molecular weight excluding hydrogens is 1420 g/mol. The van der Waals surface area contributed by atoms with Crippen molar-refractivity contribution in [1.29, 1.82) is 0 Å². The van der Waals surface area contributed by atoms with Crippen LogP contribution in [0.4, 0.5) is 0 Å². The number of halogens is 2. The Morgan fingerprint density at radius 3 is 1.02 bits per heavy atom. The SMILES string of the molecule is COc1ccc2c(c1)C(c1ccc(Cl)cc1)=N[C@@H](CC(=O)C(C)C)c1nnc(C)n1-2.COc1ccc2c(c1)C(c1ccc(Cl)cc1)=N[C@@H](NC(C)C)c1nnc(C)n1-2.Cc1nnc2n1-c1ccccc1C(c1ccccc1)=N[C@H]2CC(=O)C(C)C.Cc1nnc2n1-c1ccccc1C(c1ccccc1)=N[C@H]2NC(C)C. The van der Waals surface area contributed by atoms with Crippen LogP contribution in [-0.4, -0.2) is 120 Å². The van der Waals surface area contributed by atoms with E-state index >= 15 is 0 Å². The number of methoxy groups -OCH3 is 2. The smallest absolute Gasteiger partial charge is 0.177 e. The normalized spacial score (nSPS) is 15.7. The first-order valence-corrected chi connectivity index (χ1v) is 37.6. The molecular formula is C86H88Cl2N18O4. The van der Waals surface area contributed by atoms with E-state index in [0.29, 0.717) is 22.3 Å². The van der Waals surface area contributed by atoms with Gasteiger partial charge in [0.1, 0.15) is 58.4 Å². The number of carbonyl (C=O) groups is 2. The third-order valence-electron chi connectivity index (χ3n) is 19.2. The van der Waals surface area contributed by atoms with Gasteiger partial charge < -0.3 is 9.47 Å². The molecule has 8 heterocycles. The first-order chi connectivity index (χ1) is 53.1. The van der Waals surface area contributed by atoms with Gasteiger partial charge in [-0.3, -0.25) is 58.5 Å². The Bertz CT molecular complexity index is 5460. The average molecular weight is 1510 g/mol. The van der Waals surface area contributed by atoms with Gasteiger partial charge in [0.05, 0.1) is 59.8 Å². The van der Waals surface area contributed by atoms with Crippen molar-refractivity contribution in [2.24, 2.45) is 31.8 Å². The summed E-state index contributed by atoms with van der Waals surface area (Å²) in [6.07, 6.45) is 0.00656. The van der Waals surface area contributed by atoms with E-state index in [9.17, 15) is 9.59 Å². The molecule has 560 valence electrons. The molecule has 0 fully saturated rings. The molecule has 8 aromatic carbocycles. The lowest BCUT2D eigenvalue weighted by atomic mass is 9.99. The fourth-order valence-corrected chi connectivity index (χ4v) is 13.9. The molecule has 0 unspecified atom stereocenters. The second-order valence-corrected chi connectivity index (χ2v) is 29.2. The van der Waals surface area contributed by atoms with Gasteiger partial charge >= 0.3 is 0 Å². The number of hydrogen-bond donors (Lipinski definition) is 2. The van der Waals surface area contributed by atoms with Gasteiger partial charge in [-0.05, 0) is 128 Å². The summed E-state index contributed by atoms with van der Waals surface area (Å²) in [5, 5.41) is 43.1. The minimum absolute atomic E-state index is 0.0385. The Morgan fingerprint density at radius 1 is 0.364 bits per heavy atom. The van der Waals surface area contributed by atoms with Crippen molar-refractivity contribution in [2.45, 2.75) is 132 Å². The van der Waals surface area contributed by atoms with E-state index in [-0.39, 0.29) is 60.3 Å². The van der Waals surface area contributed by atoms with Crippen molar-refractivity contribution in [3.8, 4) is 34.2 Å². The van der Waals surface area contributed by atoms with Gasteiger partial charge in [0.15, 0.2) is 35.6 Å². The maximum atomic E-state index is 12.6. The lowest BCUT2D eigenvalue weighted by Crippen LogP contribution is -2.29. The van der Waals surface area contributed by atoms with Crippen molar-refractivity contribution < 1.29 is 19.1 Å². The third-order valence-corrected chi connectivity index (χ3v) is 19.7. The molecule has 22 nitrogen and oxygen atoms in total. The zero-order valence-corrected chi connectivity index (χ0v) is 65.6. The Labute approximate surface area is 650 Å². The number of aryl methyl sites for hydroxylation is 4. The van der Waals surface area contributed by atoms with Crippen LogP contribution in [0, 0.1) is 39.5 Å². The molecule has 0 bridgehead atoms. The minimum Gasteiger partial charge on any atom is -0.497 e. The van der Waals surface area contributed by atoms with Crippen LogP contribution in [0.1, 0.15) is 184 Å². The molecule has 4 atom stereocenters. The van der Waals surface area contributed by atoms with Gasteiger partial charge in [0.25, 0.3) is 0 Å². The first kappa shape index (κ1) is 76.6. The number of nitrogens with zero attached hydrogens (tertiary/aromatic N) is 16. The highest BCUT2D eigenvalue weighted by molar-refractivity contribution is 6.31. The topological polar surface area (TPSA) is 249 Å². The summed E-state index contributed by atoms with van der Waals surface area (Å²) in [5.74, 6) is 7.86. The van der Waals surface area contributed by atoms with Crippen molar-refractivity contribution in [3.05, 3.63) is 295 Å². The molecule has 4 aromatic heterocycles. The fraction of sp³-hybridized carbons (Fsp3) is 0.279. The van der Waals surface area contributed by atoms with Crippen LogP contribution in [0.3, 0.4) is 0 Å². The highest BCUT2D eigenvalue weighted by atomic mass is 35.5. The lowest BCUT2D eigenvalue weighted by Gasteiger charge is -2.16. The highest BCUT2D eigenvalue weighted by Gasteiger charge is 2.35. The Kier molecular flexibility index (Phi) is 23.3. The van der Waals surface area contributed by atoms with Gasteiger partial charge in [-0.2, -0.15) is 0 Å². The lowest BCUT2D eigenvalue weighted by molar-refractivity contribution is -0.123. The van der Waals surface area contributed by atoms with E-state index in [1.165, 1.54) is 0 Å². The second kappa shape index (κ2) is 33.5. The van der Waals surface area contributed by atoms with Crippen LogP contribution >= 0.6 is 23.2 Å². The predicted molar refractivity (Wildman–Crippen MR) is 432 cm³/mol. The fourth-order valence-electron chi connectivity index (χ4n) is 13.7. The standard InChI is InChI=1S/C23H23ClN4O2.C22H22N4O.C21H22ClN5O.C20H21N5/c1-13(2)21(29)12-19-23-27-26-14(3)28(23)20-10-9-17(30-4)11-18(20)22(25-19)15-5-7-16(24)8-6-15;1-14(2)20(27)13-18-22-25-24-15(3)26(22)19-12-8-7-11-17(19)21(23-18)16-9-5-4-6-10-16;1-12(2)23-20-21-26-25-13(3)27(21)18-10-9-16(28-4)11-17(18)19(24-20)14-5-7-15(22)8-6-14;1-13(2)21-19-20-24-23-14(3)25(20)17-12-8-7-11-16(17)18(22-19)15-9-5-4-6-10-15/h5-11,13,19H,12H2,1-4H3;4-12,14,18H,13H2,1-3H3;5-12,20,23H,1-4H3;4-13,19,21H,1-3H3/t19-;18-;20-;19-/m0011/s1. The summed E-state index contributed by atoms with van der Waals surface area (Å²) in [4.78, 5) is 45.4. The summed E-state index contributed by atoms with van der Waals surface area (Å²) < 4.78 is 19.1. The van der Waals surface area contributed by atoms with Crippen molar-refractivity contribution in [2.75, 3.05) is 14.2 Å². The quantitative estimate of drug-likeness (QED) is 0.0913. The number of carbonyl (C=O) groups excluding carboxylic acids is 2. The summed E-state index contributed by atoms with van der Waals surface area (Å²) in [6.45, 7) is 23.8. The molecule has 24 heteroatoms. The Hall–Kier alpha value is -11.6. The van der Waals surface area contributed by atoms with E-state index in [1.54, 1.807) is 14.2 Å². The maximum Gasteiger partial charge on any atom is 0.177 e. The number of benzene rings is 8. The molecule has 110 heavy (non-hydrogen) atoms.